The molecule has 0 aliphatic carbocycles. The van der Waals surface area contributed by atoms with Gasteiger partial charge in [0.25, 0.3) is 0 Å². The molecule has 6 N–H and O–H groups in total. The van der Waals surface area contributed by atoms with Crippen molar-refractivity contribution in [2.24, 2.45) is 5.73 Å². The molecule has 28 heavy (non-hydrogen) atoms. The summed E-state index contributed by atoms with van der Waals surface area (Å²) in [4.78, 5) is 6.83. The Morgan fingerprint density at radius 3 is 2.82 bits per heavy atom. The third kappa shape index (κ3) is 6.58. The molecule has 1 aromatic rings. The van der Waals surface area contributed by atoms with Gasteiger partial charge in [-0.1, -0.05) is 19.8 Å². The quantitative estimate of drug-likeness (QED) is 0.214. The monoisotopic (exact) mass is 387 g/mol. The largest absolute Gasteiger partial charge is 0.388 e. The summed E-state index contributed by atoms with van der Waals surface area (Å²) in [5.41, 5.74) is 10.8. The summed E-state index contributed by atoms with van der Waals surface area (Å²) >= 11 is 0. The molecule has 0 saturated heterocycles. The number of unbranched alkanes of at least 4 members (excludes halogenated alkanes) is 2. The molecular formula is C21H37N7. The smallest absolute Gasteiger partial charge is 0.0998 e. The number of aromatic nitrogens is 1. The van der Waals surface area contributed by atoms with E-state index in [-0.39, 0.29) is 12.1 Å². The van der Waals surface area contributed by atoms with Crippen LogP contribution in [0.15, 0.2) is 29.6 Å². The number of pyridine rings is 1. The second-order valence-corrected chi connectivity index (χ2v) is 7.55. The van der Waals surface area contributed by atoms with Crippen LogP contribution < -0.4 is 21.7 Å². The number of rotatable bonds is 12. The van der Waals surface area contributed by atoms with Gasteiger partial charge in [-0.15, -0.1) is 0 Å². The van der Waals surface area contributed by atoms with Crippen molar-refractivity contribution in [1.82, 2.24) is 20.5 Å². The standard InChI is InChI=1S/C21H37N7/c1-4-5-6-10-25-20-9-11-28(3)15-18(20)21(23)27-17-7-8-19(26-14-17)16(12-22)13-24-2/h7-8,12,14,16,21-22,24-25,27H,4-6,9-11,13,15,23H2,1-3H3. The highest BCUT2D eigenvalue weighted by Crippen LogP contribution is 2.20. The minimum Gasteiger partial charge on any atom is -0.388 e. The zero-order valence-electron chi connectivity index (χ0n) is 17.6. The average Bonchev–Trinajstić information content (AvgIpc) is 2.71. The van der Waals surface area contributed by atoms with Crippen LogP contribution in [0.5, 0.6) is 0 Å². The zero-order chi connectivity index (χ0) is 20.4. The molecular weight excluding hydrogens is 350 g/mol. The fourth-order valence-electron chi connectivity index (χ4n) is 3.48. The van der Waals surface area contributed by atoms with Gasteiger partial charge in [-0.25, -0.2) is 0 Å². The van der Waals surface area contributed by atoms with Crippen LogP contribution in [0.3, 0.4) is 0 Å². The van der Waals surface area contributed by atoms with Gasteiger partial charge in [0.2, 0.25) is 0 Å². The van der Waals surface area contributed by atoms with E-state index in [4.69, 9.17) is 11.1 Å². The topological polar surface area (TPSA) is 102 Å². The van der Waals surface area contributed by atoms with Crippen LogP contribution in [0.2, 0.25) is 0 Å². The van der Waals surface area contributed by atoms with Gasteiger partial charge in [-0.3, -0.25) is 4.98 Å². The van der Waals surface area contributed by atoms with Gasteiger partial charge in [0, 0.05) is 44.0 Å². The van der Waals surface area contributed by atoms with Crippen molar-refractivity contribution in [1.29, 1.82) is 5.41 Å². The number of nitrogens with two attached hydrogens (primary N) is 1. The predicted molar refractivity (Wildman–Crippen MR) is 118 cm³/mol. The first-order valence-corrected chi connectivity index (χ1v) is 10.4. The number of nitrogens with one attached hydrogen (secondary N) is 4. The maximum Gasteiger partial charge on any atom is 0.0998 e. The highest BCUT2D eigenvalue weighted by molar-refractivity contribution is 5.64. The van der Waals surface area contributed by atoms with Gasteiger partial charge < -0.3 is 32.0 Å². The van der Waals surface area contributed by atoms with Crippen molar-refractivity contribution in [2.75, 3.05) is 45.6 Å². The summed E-state index contributed by atoms with van der Waals surface area (Å²) in [7, 11) is 4.02. The SMILES string of the molecule is CCCCCNC1=C(C(N)Nc2ccc(C(C=N)CNC)nc2)CN(C)CC1. The molecule has 2 rings (SSSR count). The van der Waals surface area contributed by atoms with Crippen molar-refractivity contribution in [3.8, 4) is 0 Å². The molecule has 0 saturated carbocycles. The summed E-state index contributed by atoms with van der Waals surface area (Å²) < 4.78 is 0. The lowest BCUT2D eigenvalue weighted by Crippen LogP contribution is -2.43. The van der Waals surface area contributed by atoms with Gasteiger partial charge in [-0.05, 0) is 44.6 Å². The van der Waals surface area contributed by atoms with Crippen molar-refractivity contribution in [2.45, 2.75) is 44.7 Å². The molecule has 0 bridgehead atoms. The van der Waals surface area contributed by atoms with E-state index in [0.717, 1.165) is 37.4 Å². The van der Waals surface area contributed by atoms with E-state index in [2.05, 4.69) is 39.8 Å². The van der Waals surface area contributed by atoms with Crippen molar-refractivity contribution in [3.63, 3.8) is 0 Å². The lowest BCUT2D eigenvalue weighted by Gasteiger charge is -2.32. The first-order valence-electron chi connectivity index (χ1n) is 10.4. The molecule has 0 radical (unpaired) electrons. The van der Waals surface area contributed by atoms with Gasteiger partial charge >= 0.3 is 0 Å². The fourth-order valence-corrected chi connectivity index (χ4v) is 3.48. The van der Waals surface area contributed by atoms with E-state index < -0.39 is 0 Å². The molecule has 0 aromatic carbocycles. The molecule has 156 valence electrons. The third-order valence-corrected chi connectivity index (χ3v) is 5.18. The van der Waals surface area contributed by atoms with E-state index in [0.29, 0.717) is 6.54 Å². The Balaban J connectivity index is 2.04. The van der Waals surface area contributed by atoms with Gasteiger partial charge in [0.15, 0.2) is 0 Å². The second-order valence-electron chi connectivity index (χ2n) is 7.55. The molecule has 0 spiro atoms. The van der Waals surface area contributed by atoms with Gasteiger partial charge in [0.05, 0.1) is 23.7 Å². The van der Waals surface area contributed by atoms with E-state index in [1.807, 2.05) is 25.4 Å². The van der Waals surface area contributed by atoms with Crippen LogP contribution in [0.1, 0.15) is 44.2 Å². The maximum absolute atomic E-state index is 7.57. The lowest BCUT2D eigenvalue weighted by atomic mass is 10.0. The Hall–Kier alpha value is -1.96. The van der Waals surface area contributed by atoms with E-state index in [9.17, 15) is 0 Å². The number of nitrogens with zero attached hydrogens (tertiary/aromatic N) is 2. The van der Waals surface area contributed by atoms with Crippen LogP contribution in [-0.4, -0.2) is 62.5 Å². The maximum atomic E-state index is 7.57. The molecule has 0 fully saturated rings. The molecule has 1 aliphatic rings. The first kappa shape index (κ1) is 22.3. The lowest BCUT2D eigenvalue weighted by molar-refractivity contribution is 0.333. The van der Waals surface area contributed by atoms with E-state index >= 15 is 0 Å². The second kappa shape index (κ2) is 11.8. The molecule has 7 nitrogen and oxygen atoms in total. The summed E-state index contributed by atoms with van der Waals surface area (Å²) in [6, 6.07) is 3.96. The van der Waals surface area contributed by atoms with Crippen molar-refractivity contribution in [3.05, 3.63) is 35.3 Å². The third-order valence-electron chi connectivity index (χ3n) is 5.18. The van der Waals surface area contributed by atoms with Crippen LogP contribution in [-0.2, 0) is 0 Å². The average molecular weight is 388 g/mol. The molecule has 2 heterocycles. The predicted octanol–water partition coefficient (Wildman–Crippen LogP) is 2.10. The number of hydrogen-bond acceptors (Lipinski definition) is 7. The van der Waals surface area contributed by atoms with Crippen LogP contribution in [0, 0.1) is 5.41 Å². The number of anilines is 1. The van der Waals surface area contributed by atoms with Crippen LogP contribution in [0.25, 0.3) is 0 Å². The highest BCUT2D eigenvalue weighted by Gasteiger charge is 2.21. The van der Waals surface area contributed by atoms with E-state index in [1.54, 1.807) is 0 Å². The summed E-state index contributed by atoms with van der Waals surface area (Å²) in [6.45, 7) is 5.86. The van der Waals surface area contributed by atoms with Gasteiger partial charge in [-0.2, -0.15) is 0 Å². The Labute approximate surface area is 169 Å². The summed E-state index contributed by atoms with van der Waals surface area (Å²) in [5, 5.41) is 17.7. The Bertz CT molecular complexity index is 626. The number of hydrogen-bond donors (Lipinski definition) is 5. The minimum atomic E-state index is -0.250. The van der Waals surface area contributed by atoms with Gasteiger partial charge in [0.1, 0.15) is 0 Å². The molecule has 1 aromatic heterocycles. The Morgan fingerprint density at radius 1 is 1.36 bits per heavy atom. The minimum absolute atomic E-state index is 0.0126. The van der Waals surface area contributed by atoms with Crippen LogP contribution >= 0.6 is 0 Å². The zero-order valence-corrected chi connectivity index (χ0v) is 17.6. The molecule has 7 heteroatoms. The molecule has 1 aliphatic heterocycles. The molecule has 0 amide bonds. The van der Waals surface area contributed by atoms with E-state index in [1.165, 1.54) is 36.7 Å². The molecule has 2 unspecified atom stereocenters. The number of likely N-dealkylation sites (N-methyl/N-ethyl adjacent to an activating group) is 2. The van der Waals surface area contributed by atoms with Crippen molar-refractivity contribution >= 4 is 11.9 Å². The molecule has 2 atom stereocenters. The Kier molecular flexibility index (Phi) is 9.40. The highest BCUT2D eigenvalue weighted by atomic mass is 15.1. The fraction of sp³-hybridized carbons (Fsp3) is 0.619. The first-order chi connectivity index (χ1) is 13.6. The van der Waals surface area contributed by atoms with Crippen molar-refractivity contribution < 1.29 is 0 Å². The van der Waals surface area contributed by atoms with Crippen LogP contribution in [0.4, 0.5) is 5.69 Å². The summed E-state index contributed by atoms with van der Waals surface area (Å²) in [5.74, 6) is -0.0126. The summed E-state index contributed by atoms with van der Waals surface area (Å²) in [6.07, 6.45) is 7.67. The normalized spacial score (nSPS) is 17.3. The Morgan fingerprint density at radius 2 is 2.18 bits per heavy atom.